The first-order chi connectivity index (χ1) is 8.47. The van der Waals surface area contributed by atoms with Crippen LogP contribution in [0.3, 0.4) is 0 Å². The Hall–Kier alpha value is -1.37. The summed E-state index contributed by atoms with van der Waals surface area (Å²) in [5.41, 5.74) is 0.137. The van der Waals surface area contributed by atoms with Crippen molar-refractivity contribution in [2.45, 2.75) is 18.3 Å². The molecule has 1 aromatic carbocycles. The number of nitrogens with zero attached hydrogens (tertiary/aromatic N) is 1. The van der Waals surface area contributed by atoms with Gasteiger partial charge in [0.15, 0.2) is 5.75 Å². The van der Waals surface area contributed by atoms with Crippen LogP contribution >= 0.6 is 12.6 Å². The summed E-state index contributed by atoms with van der Waals surface area (Å²) < 4.78 is 41.7. The van der Waals surface area contributed by atoms with Gasteiger partial charge in [0.05, 0.1) is 5.69 Å². The second kappa shape index (κ2) is 5.09. The molecular formula is C11H10F3NO2S. The van der Waals surface area contributed by atoms with Crippen LogP contribution in [-0.2, 0) is 4.79 Å². The van der Waals surface area contributed by atoms with Gasteiger partial charge in [-0.1, -0.05) is 0 Å². The number of carbonyl (C=O) groups excluding carboxylic acids is 1. The number of amides is 1. The Bertz CT molecular complexity index is 470. The van der Waals surface area contributed by atoms with Crippen molar-refractivity contribution >= 4 is 24.2 Å². The largest absolute Gasteiger partial charge is 0.432 e. The summed E-state index contributed by atoms with van der Waals surface area (Å²) in [6.45, 7) is -2.79. The summed E-state index contributed by atoms with van der Waals surface area (Å²) in [5, 5.41) is -0.165. The van der Waals surface area contributed by atoms with E-state index in [-0.39, 0.29) is 35.6 Å². The molecule has 1 heterocycles. The highest BCUT2D eigenvalue weighted by atomic mass is 32.1. The molecule has 0 N–H and O–H groups in total. The van der Waals surface area contributed by atoms with Crippen LogP contribution in [0.25, 0.3) is 0 Å². The van der Waals surface area contributed by atoms with E-state index >= 15 is 0 Å². The van der Waals surface area contributed by atoms with Gasteiger partial charge in [0.25, 0.3) is 0 Å². The summed E-state index contributed by atoms with van der Waals surface area (Å²) >= 11 is 4.16. The van der Waals surface area contributed by atoms with Crippen LogP contribution in [0.1, 0.15) is 6.42 Å². The number of benzene rings is 1. The average molecular weight is 277 g/mol. The third-order valence-electron chi connectivity index (χ3n) is 2.53. The van der Waals surface area contributed by atoms with Crippen LogP contribution in [0.2, 0.25) is 0 Å². The molecular weight excluding hydrogens is 267 g/mol. The van der Waals surface area contributed by atoms with Crippen LogP contribution in [0, 0.1) is 5.82 Å². The summed E-state index contributed by atoms with van der Waals surface area (Å²) in [6, 6.07) is 3.17. The zero-order chi connectivity index (χ0) is 13.3. The van der Waals surface area contributed by atoms with Crippen LogP contribution in [0.5, 0.6) is 5.75 Å². The molecule has 3 nitrogen and oxygen atoms in total. The van der Waals surface area contributed by atoms with Gasteiger partial charge in [0.1, 0.15) is 5.82 Å². The maximum Gasteiger partial charge on any atom is 0.387 e. The minimum absolute atomic E-state index is 0.137. The molecule has 0 bridgehead atoms. The van der Waals surface area contributed by atoms with Crippen molar-refractivity contribution in [1.82, 2.24) is 0 Å². The predicted molar refractivity (Wildman–Crippen MR) is 62.8 cm³/mol. The molecule has 1 aromatic rings. The number of halogens is 3. The van der Waals surface area contributed by atoms with Crippen molar-refractivity contribution in [3.05, 3.63) is 24.0 Å². The van der Waals surface area contributed by atoms with E-state index in [0.717, 1.165) is 12.1 Å². The van der Waals surface area contributed by atoms with Crippen LogP contribution < -0.4 is 9.64 Å². The lowest BCUT2D eigenvalue weighted by atomic mass is 10.2. The van der Waals surface area contributed by atoms with Crippen molar-refractivity contribution < 1.29 is 22.7 Å². The standard InChI is InChI=1S/C11H10F3NO2S/c12-6-1-2-8(9(3-6)17-11(13)14)15-5-7(18)4-10(15)16/h1-3,7,11,18H,4-5H2. The summed E-state index contributed by atoms with van der Waals surface area (Å²) in [5.74, 6) is -1.30. The highest BCUT2D eigenvalue weighted by Crippen LogP contribution is 2.34. The molecule has 1 unspecified atom stereocenters. The molecule has 1 atom stereocenters. The van der Waals surface area contributed by atoms with E-state index in [0.29, 0.717) is 0 Å². The molecule has 98 valence electrons. The number of ether oxygens (including phenoxy) is 1. The Labute approximate surface area is 107 Å². The molecule has 1 aliphatic rings. The van der Waals surface area contributed by atoms with Gasteiger partial charge in [-0.3, -0.25) is 4.79 Å². The Balaban J connectivity index is 2.34. The van der Waals surface area contributed by atoms with Crippen LogP contribution in [0.15, 0.2) is 18.2 Å². The monoisotopic (exact) mass is 277 g/mol. The highest BCUT2D eigenvalue weighted by molar-refractivity contribution is 7.81. The van der Waals surface area contributed by atoms with Crippen molar-refractivity contribution in [2.24, 2.45) is 0 Å². The average Bonchev–Trinajstić information content (AvgIpc) is 2.57. The number of hydrogen-bond acceptors (Lipinski definition) is 3. The van der Waals surface area contributed by atoms with Crippen molar-refractivity contribution in [1.29, 1.82) is 0 Å². The molecule has 1 aliphatic heterocycles. The fourth-order valence-electron chi connectivity index (χ4n) is 1.82. The summed E-state index contributed by atoms with van der Waals surface area (Å²) in [4.78, 5) is 12.9. The third kappa shape index (κ3) is 2.72. The van der Waals surface area contributed by atoms with Gasteiger partial charge in [0.2, 0.25) is 5.91 Å². The quantitative estimate of drug-likeness (QED) is 0.860. The van der Waals surface area contributed by atoms with Gasteiger partial charge in [-0.2, -0.15) is 21.4 Å². The predicted octanol–water partition coefficient (Wildman–Crippen LogP) is 2.46. The smallest absolute Gasteiger partial charge is 0.387 e. The summed E-state index contributed by atoms with van der Waals surface area (Å²) in [6.07, 6.45) is 0.217. The van der Waals surface area contributed by atoms with Crippen molar-refractivity contribution in [3.63, 3.8) is 0 Å². The molecule has 0 spiro atoms. The lowest BCUT2D eigenvalue weighted by Gasteiger charge is -2.19. The van der Waals surface area contributed by atoms with Gasteiger partial charge in [-0.05, 0) is 12.1 Å². The molecule has 0 aliphatic carbocycles. The number of thiol groups is 1. The zero-order valence-corrected chi connectivity index (χ0v) is 10.0. The molecule has 1 saturated heterocycles. The fourth-order valence-corrected chi connectivity index (χ4v) is 2.14. The van der Waals surface area contributed by atoms with Gasteiger partial charge >= 0.3 is 6.61 Å². The van der Waals surface area contributed by atoms with E-state index in [9.17, 15) is 18.0 Å². The molecule has 0 saturated carbocycles. The van der Waals surface area contributed by atoms with E-state index < -0.39 is 12.4 Å². The molecule has 1 fully saturated rings. The van der Waals surface area contributed by atoms with E-state index in [2.05, 4.69) is 17.4 Å². The van der Waals surface area contributed by atoms with E-state index in [4.69, 9.17) is 0 Å². The molecule has 2 rings (SSSR count). The van der Waals surface area contributed by atoms with E-state index in [1.807, 2.05) is 0 Å². The molecule has 0 aromatic heterocycles. The van der Waals surface area contributed by atoms with Gasteiger partial charge in [-0.15, -0.1) is 0 Å². The molecule has 7 heteroatoms. The Morgan fingerprint density at radius 1 is 1.44 bits per heavy atom. The van der Waals surface area contributed by atoms with Gasteiger partial charge in [0, 0.05) is 24.3 Å². The number of anilines is 1. The van der Waals surface area contributed by atoms with E-state index in [1.165, 1.54) is 11.0 Å². The van der Waals surface area contributed by atoms with Crippen molar-refractivity contribution in [3.8, 4) is 5.75 Å². The topological polar surface area (TPSA) is 29.5 Å². The fraction of sp³-hybridized carbons (Fsp3) is 0.364. The minimum atomic E-state index is -3.07. The first-order valence-electron chi connectivity index (χ1n) is 5.20. The first kappa shape index (κ1) is 13.1. The van der Waals surface area contributed by atoms with E-state index in [1.54, 1.807) is 0 Å². The number of alkyl halides is 2. The van der Waals surface area contributed by atoms with Gasteiger partial charge < -0.3 is 9.64 Å². The lowest BCUT2D eigenvalue weighted by molar-refractivity contribution is -0.117. The second-order valence-corrected chi connectivity index (χ2v) is 4.58. The van der Waals surface area contributed by atoms with Crippen molar-refractivity contribution in [2.75, 3.05) is 11.4 Å². The van der Waals surface area contributed by atoms with Crippen LogP contribution in [-0.4, -0.2) is 24.3 Å². The maximum absolute atomic E-state index is 13.0. The second-order valence-electron chi connectivity index (χ2n) is 3.85. The Morgan fingerprint density at radius 3 is 2.72 bits per heavy atom. The summed E-state index contributed by atoms with van der Waals surface area (Å²) in [7, 11) is 0. The minimum Gasteiger partial charge on any atom is -0.432 e. The first-order valence-corrected chi connectivity index (χ1v) is 5.72. The molecule has 0 radical (unpaired) electrons. The zero-order valence-electron chi connectivity index (χ0n) is 9.15. The van der Waals surface area contributed by atoms with Gasteiger partial charge in [-0.25, -0.2) is 4.39 Å². The maximum atomic E-state index is 13.0. The number of hydrogen-bond donors (Lipinski definition) is 1. The number of carbonyl (C=O) groups is 1. The molecule has 18 heavy (non-hydrogen) atoms. The van der Waals surface area contributed by atoms with Crippen LogP contribution in [0.4, 0.5) is 18.9 Å². The Kier molecular flexibility index (Phi) is 3.70. The highest BCUT2D eigenvalue weighted by Gasteiger charge is 2.30. The Morgan fingerprint density at radius 2 is 2.17 bits per heavy atom. The normalized spacial score (nSPS) is 19.7. The SMILES string of the molecule is O=C1CC(S)CN1c1ccc(F)cc1OC(F)F. The lowest BCUT2D eigenvalue weighted by Crippen LogP contribution is -2.25. The molecule has 1 amide bonds. The third-order valence-corrected chi connectivity index (χ3v) is 2.88. The number of rotatable bonds is 3.